The molecule has 22 heteroatoms. The number of fused-ring (bicyclic) bond motifs is 2. The Hall–Kier alpha value is -6.56. The lowest BCUT2D eigenvalue weighted by Gasteiger charge is -2.36. The van der Waals surface area contributed by atoms with Gasteiger partial charge in [-0.2, -0.15) is 0 Å². The fourth-order valence-electron chi connectivity index (χ4n) is 11.8. The van der Waals surface area contributed by atoms with Crippen molar-refractivity contribution in [1.82, 2.24) is 51.1 Å². The number of aryl methyl sites for hydroxylation is 2. The van der Waals surface area contributed by atoms with Crippen LogP contribution in [0.15, 0.2) is 107 Å². The third kappa shape index (κ3) is 14.6. The molecule has 8 N–H and O–H groups in total. The Bertz CT molecular complexity index is 3090. The number of nitrogens with zero attached hydrogens (tertiary/aromatic N) is 2. The van der Waals surface area contributed by atoms with E-state index in [0.29, 0.717) is 24.0 Å². The molecule has 2 aliphatic carbocycles. The molecular weight excluding hydrogens is 1110 g/mol. The van der Waals surface area contributed by atoms with Crippen LogP contribution in [0.3, 0.4) is 0 Å². The van der Waals surface area contributed by atoms with Crippen molar-refractivity contribution in [1.29, 1.82) is 0 Å². The molecule has 4 aliphatic rings. The summed E-state index contributed by atoms with van der Waals surface area (Å²) >= 11 is 0. The fourth-order valence-corrected chi connectivity index (χ4v) is 14.3. The van der Waals surface area contributed by atoms with Crippen molar-refractivity contribution >= 4 is 55.5 Å². The molecule has 454 valence electrons. The maximum Gasteiger partial charge on any atom is 0.246 e. The topological polar surface area (TPSA) is 273 Å². The molecule has 2 heterocycles. The Morgan fingerprint density at radius 2 is 0.857 bits per heavy atom. The van der Waals surface area contributed by atoms with Crippen molar-refractivity contribution in [2.24, 2.45) is 10.8 Å². The van der Waals surface area contributed by atoms with Crippen LogP contribution < -0.4 is 41.3 Å². The van der Waals surface area contributed by atoms with Crippen molar-refractivity contribution in [3.05, 3.63) is 119 Å². The largest absolute Gasteiger partial charge is 0.347 e. The van der Waals surface area contributed by atoms with Crippen LogP contribution >= 0.6 is 0 Å². The Morgan fingerprint density at radius 3 is 1.19 bits per heavy atom. The third-order valence-corrected chi connectivity index (χ3v) is 20.0. The molecule has 4 aromatic carbocycles. The SMILES string of the molecule is CN[C@@H](C)C(=O)N[C@H](C(=O)N1C[C@@H](NS(=O)(=O)c2ccc(-c3ccc(S(=O)(=O)N[C@H]4C[C@@H](C(=O)N[C@@H]5CCCc6ccccc65)N(C(=O)[C@@H](NC(=O)[C@H](C)NC)C(C)(C)C)C4)cc3)cc2)C[C@H]1C(=O)N[C@@H]1CCCc2ccccc21)C(C)(C)C. The van der Waals surface area contributed by atoms with E-state index in [1.165, 1.54) is 34.1 Å². The molecule has 0 radical (unpaired) electrons. The lowest BCUT2D eigenvalue weighted by Crippen LogP contribution is -2.59. The van der Waals surface area contributed by atoms with Crippen LogP contribution in [0.25, 0.3) is 11.1 Å². The quantitative estimate of drug-likeness (QED) is 0.0645. The highest BCUT2D eigenvalue weighted by atomic mass is 32.2. The van der Waals surface area contributed by atoms with Crippen molar-refractivity contribution < 1.29 is 45.6 Å². The Kier molecular flexibility index (Phi) is 19.6. The third-order valence-electron chi connectivity index (χ3n) is 16.9. The van der Waals surface area contributed by atoms with Gasteiger partial charge in [-0.05, 0) is 148 Å². The lowest BCUT2D eigenvalue weighted by atomic mass is 9.85. The molecule has 2 aliphatic heterocycles. The molecule has 8 rings (SSSR count). The van der Waals surface area contributed by atoms with Gasteiger partial charge in [0.2, 0.25) is 55.5 Å². The van der Waals surface area contributed by atoms with Gasteiger partial charge in [0.25, 0.3) is 0 Å². The zero-order valence-corrected chi connectivity index (χ0v) is 51.5. The van der Waals surface area contributed by atoms with Gasteiger partial charge in [0.15, 0.2) is 0 Å². The minimum absolute atomic E-state index is 0.0259. The predicted molar refractivity (Wildman–Crippen MR) is 321 cm³/mol. The first-order valence-electron chi connectivity index (χ1n) is 29.2. The zero-order chi connectivity index (χ0) is 61.1. The van der Waals surface area contributed by atoms with Gasteiger partial charge in [0.1, 0.15) is 24.2 Å². The van der Waals surface area contributed by atoms with E-state index in [2.05, 4.69) is 41.3 Å². The number of carbonyl (C=O) groups is 6. The summed E-state index contributed by atoms with van der Waals surface area (Å²) in [4.78, 5) is 87.1. The van der Waals surface area contributed by atoms with E-state index in [1.54, 1.807) is 52.2 Å². The average molecular weight is 1190 g/mol. The van der Waals surface area contributed by atoms with Gasteiger partial charge in [-0.1, -0.05) is 114 Å². The molecule has 2 fully saturated rings. The van der Waals surface area contributed by atoms with Gasteiger partial charge in [0.05, 0.1) is 34.0 Å². The minimum atomic E-state index is -4.24. The lowest BCUT2D eigenvalue weighted by molar-refractivity contribution is -0.144. The van der Waals surface area contributed by atoms with Gasteiger partial charge in [-0.3, -0.25) is 28.8 Å². The van der Waals surface area contributed by atoms with Crippen LogP contribution in [0.2, 0.25) is 0 Å². The summed E-state index contributed by atoms with van der Waals surface area (Å²) in [5.74, 6) is -2.68. The molecule has 2 saturated heterocycles. The summed E-state index contributed by atoms with van der Waals surface area (Å²) < 4.78 is 62.2. The molecule has 0 bridgehead atoms. The monoisotopic (exact) mass is 1190 g/mol. The number of hydrogen-bond donors (Lipinski definition) is 8. The first kappa shape index (κ1) is 63.5. The standard InChI is InChI=1S/C62H84N10O10S2/c1-37(63-9)55(73)67-53(61(3,4)5)59(77)71-35-43(33-51(71)57(75)65-49-23-15-19-41-17-11-13-21-47(41)49)69-83(79,80)45-29-25-39(26-30-45)40-27-31-46(32-28-40)84(81,82)70-44-34-52(58(76)66-50-24-16-20-42-18-12-14-22-48(42)50)72(36-44)60(78)54(62(6,7)8)68-56(74)38(2)64-10/h11-14,17-18,21-22,25-32,37-38,43-44,49-54,63-64,69-70H,15-16,19-20,23-24,33-36H2,1-10H3,(H,65,75)(H,66,76)(H,67,73)(H,68,74)/t37-,38-,43-,44-,49+,50+,51-,52-,53+,54+/m0/s1. The van der Waals surface area contributed by atoms with E-state index in [4.69, 9.17) is 0 Å². The van der Waals surface area contributed by atoms with Crippen molar-refractivity contribution in [2.45, 2.75) is 177 Å². The van der Waals surface area contributed by atoms with Crippen LogP contribution in [-0.4, -0.2) is 138 Å². The molecule has 6 amide bonds. The highest BCUT2D eigenvalue weighted by Crippen LogP contribution is 2.35. The summed E-state index contributed by atoms with van der Waals surface area (Å²) in [5, 5.41) is 17.9. The Morgan fingerprint density at radius 1 is 0.512 bits per heavy atom. The number of rotatable bonds is 19. The van der Waals surface area contributed by atoms with E-state index in [0.717, 1.165) is 47.9 Å². The molecule has 0 aromatic heterocycles. The summed E-state index contributed by atoms with van der Waals surface area (Å²) in [7, 11) is -5.22. The second-order valence-corrected chi connectivity index (χ2v) is 28.5. The van der Waals surface area contributed by atoms with Crippen LogP contribution in [0, 0.1) is 10.8 Å². The van der Waals surface area contributed by atoms with Gasteiger partial charge < -0.3 is 41.7 Å². The summed E-state index contributed by atoms with van der Waals surface area (Å²) in [5.41, 5.74) is 3.86. The highest BCUT2D eigenvalue weighted by molar-refractivity contribution is 7.89. The van der Waals surface area contributed by atoms with Crippen LogP contribution in [0.4, 0.5) is 0 Å². The second kappa shape index (κ2) is 26.0. The second-order valence-electron chi connectivity index (χ2n) is 25.1. The smallest absolute Gasteiger partial charge is 0.246 e. The van der Waals surface area contributed by atoms with Crippen LogP contribution in [0.1, 0.15) is 128 Å². The highest BCUT2D eigenvalue weighted by Gasteiger charge is 2.48. The average Bonchev–Trinajstić information content (AvgIpc) is 4.08. The van der Waals surface area contributed by atoms with Gasteiger partial charge in [0, 0.05) is 25.2 Å². The van der Waals surface area contributed by atoms with Gasteiger partial charge in [-0.15, -0.1) is 0 Å². The minimum Gasteiger partial charge on any atom is -0.347 e. The first-order valence-corrected chi connectivity index (χ1v) is 32.1. The number of likely N-dealkylation sites (tertiary alicyclic amines) is 2. The summed E-state index contributed by atoms with van der Waals surface area (Å²) in [6, 6.07) is 20.1. The molecule has 10 atom stereocenters. The normalized spacial score (nSPS) is 22.4. The van der Waals surface area contributed by atoms with Crippen LogP contribution in [-0.2, 0) is 61.7 Å². The fraction of sp³-hybridized carbons (Fsp3) is 0.516. The molecule has 0 spiro atoms. The van der Waals surface area contributed by atoms with E-state index >= 15 is 0 Å². The van der Waals surface area contributed by atoms with Crippen molar-refractivity contribution in [3.8, 4) is 11.1 Å². The zero-order valence-electron chi connectivity index (χ0n) is 49.9. The number of amides is 6. The van der Waals surface area contributed by atoms with Crippen molar-refractivity contribution in [3.63, 3.8) is 0 Å². The van der Waals surface area contributed by atoms with Gasteiger partial charge >= 0.3 is 0 Å². The Balaban J connectivity index is 0.967. The number of likely N-dealkylation sites (N-methyl/N-ethyl adjacent to an activating group) is 2. The number of benzene rings is 4. The molecular formula is C62H84N10O10S2. The molecule has 0 unspecified atom stereocenters. The summed E-state index contributed by atoms with van der Waals surface area (Å²) in [6.07, 6.45) is 4.81. The van der Waals surface area contributed by atoms with E-state index in [9.17, 15) is 45.6 Å². The molecule has 4 aromatic rings. The number of hydrogen-bond acceptors (Lipinski definition) is 12. The summed E-state index contributed by atoms with van der Waals surface area (Å²) in [6.45, 7) is 13.9. The maximum atomic E-state index is 14.7. The van der Waals surface area contributed by atoms with E-state index in [-0.39, 0.29) is 47.8 Å². The molecule has 84 heavy (non-hydrogen) atoms. The molecule has 0 saturated carbocycles. The number of sulfonamides is 2. The predicted octanol–water partition coefficient (Wildman–Crippen LogP) is 4.51. The van der Waals surface area contributed by atoms with Crippen molar-refractivity contribution in [2.75, 3.05) is 27.2 Å². The molecule has 20 nitrogen and oxygen atoms in total. The van der Waals surface area contributed by atoms with Gasteiger partial charge in [-0.25, -0.2) is 26.3 Å². The maximum absolute atomic E-state index is 14.7. The van der Waals surface area contributed by atoms with E-state index < -0.39 is 115 Å². The number of carbonyl (C=O) groups excluding carboxylic acids is 6. The van der Waals surface area contributed by atoms with Crippen LogP contribution in [0.5, 0.6) is 0 Å². The number of nitrogens with one attached hydrogen (secondary N) is 8. The first-order chi connectivity index (χ1) is 39.6. The van der Waals surface area contributed by atoms with E-state index in [1.807, 2.05) is 90.1 Å². The Labute approximate surface area is 495 Å².